The zero-order chi connectivity index (χ0) is 25.0. The Balaban J connectivity index is 1.15. The van der Waals surface area contributed by atoms with Crippen molar-refractivity contribution in [2.75, 3.05) is 6.54 Å². The summed E-state index contributed by atoms with van der Waals surface area (Å²) in [6.45, 7) is 2.99. The van der Waals surface area contributed by atoms with E-state index in [1.165, 1.54) is 0 Å². The lowest BCUT2D eigenvalue weighted by Crippen LogP contribution is -2.55. The van der Waals surface area contributed by atoms with Crippen LogP contribution in [0.5, 0.6) is 0 Å². The summed E-state index contributed by atoms with van der Waals surface area (Å²) in [5.41, 5.74) is 0.679. The molecule has 0 bridgehead atoms. The molecule has 0 radical (unpaired) electrons. The number of benzene rings is 1. The Kier molecular flexibility index (Phi) is 6.21. The van der Waals surface area contributed by atoms with Crippen molar-refractivity contribution < 1.29 is 27.5 Å². The molecular formula is C23H29ClN4O6S. The molecule has 3 amide bonds. The van der Waals surface area contributed by atoms with Crippen LogP contribution in [0.2, 0.25) is 5.02 Å². The molecule has 2 aliphatic heterocycles. The van der Waals surface area contributed by atoms with Crippen molar-refractivity contribution in [3.05, 3.63) is 34.3 Å². The van der Waals surface area contributed by atoms with Crippen molar-refractivity contribution in [3.63, 3.8) is 0 Å². The maximum Gasteiger partial charge on any atom is 0.410 e. The number of ether oxygens (including phenoxy) is 1. The number of nitrogens with zero attached hydrogens (tertiary/aromatic N) is 1. The highest BCUT2D eigenvalue weighted by Gasteiger charge is 2.61. The molecule has 5 rings (SSSR count). The summed E-state index contributed by atoms with van der Waals surface area (Å²) >= 11 is 6.22. The van der Waals surface area contributed by atoms with E-state index in [1.807, 2.05) is 19.1 Å². The molecule has 190 valence electrons. The first-order valence-corrected chi connectivity index (χ1v) is 13.9. The normalized spacial score (nSPS) is 29.4. The van der Waals surface area contributed by atoms with Gasteiger partial charge in [0.15, 0.2) is 0 Å². The maximum atomic E-state index is 13.0. The number of hydrogen-bond acceptors (Lipinski definition) is 7. The van der Waals surface area contributed by atoms with E-state index in [0.717, 1.165) is 11.1 Å². The molecule has 1 aromatic carbocycles. The predicted octanol–water partition coefficient (Wildman–Crippen LogP) is 1.42. The fraction of sp³-hybridized carbons (Fsp3) is 0.609. The molecule has 0 spiro atoms. The van der Waals surface area contributed by atoms with Crippen LogP contribution in [-0.4, -0.2) is 60.7 Å². The van der Waals surface area contributed by atoms with Gasteiger partial charge < -0.3 is 15.4 Å². The van der Waals surface area contributed by atoms with Gasteiger partial charge in [-0.15, -0.1) is 0 Å². The van der Waals surface area contributed by atoms with E-state index < -0.39 is 50.9 Å². The second-order valence-electron chi connectivity index (χ2n) is 9.88. The van der Waals surface area contributed by atoms with Crippen molar-refractivity contribution in [2.24, 2.45) is 5.92 Å². The zero-order valence-corrected chi connectivity index (χ0v) is 21.0. The number of sulfonamides is 1. The minimum Gasteiger partial charge on any atom is -0.445 e. The van der Waals surface area contributed by atoms with Crippen molar-refractivity contribution in [2.45, 2.75) is 75.1 Å². The quantitative estimate of drug-likeness (QED) is 0.491. The van der Waals surface area contributed by atoms with Gasteiger partial charge in [-0.1, -0.05) is 37.1 Å². The van der Waals surface area contributed by atoms with Gasteiger partial charge in [0.25, 0.3) is 5.91 Å². The number of nitrogens with one attached hydrogen (secondary N) is 3. The van der Waals surface area contributed by atoms with Crippen molar-refractivity contribution in [3.8, 4) is 0 Å². The van der Waals surface area contributed by atoms with Crippen LogP contribution >= 0.6 is 11.6 Å². The zero-order valence-electron chi connectivity index (χ0n) is 19.4. The Morgan fingerprint density at radius 1 is 1.26 bits per heavy atom. The van der Waals surface area contributed by atoms with Crippen LogP contribution in [0.3, 0.4) is 0 Å². The van der Waals surface area contributed by atoms with Gasteiger partial charge in [0.1, 0.15) is 11.6 Å². The van der Waals surface area contributed by atoms with Crippen LogP contribution in [-0.2, 0) is 37.4 Å². The predicted molar refractivity (Wildman–Crippen MR) is 127 cm³/mol. The lowest BCUT2D eigenvalue weighted by molar-refractivity contribution is -0.130. The van der Waals surface area contributed by atoms with Crippen LogP contribution in [0.4, 0.5) is 4.79 Å². The fourth-order valence-corrected chi connectivity index (χ4v) is 6.64. The molecule has 12 heteroatoms. The van der Waals surface area contributed by atoms with Gasteiger partial charge in [0, 0.05) is 24.5 Å². The van der Waals surface area contributed by atoms with E-state index >= 15 is 0 Å². The summed E-state index contributed by atoms with van der Waals surface area (Å²) in [7, 11) is -3.71. The number of fused-ring (bicyclic) bond motifs is 1. The molecule has 3 fully saturated rings. The molecule has 4 aliphatic rings. The molecule has 1 aromatic rings. The summed E-state index contributed by atoms with van der Waals surface area (Å²) in [4.78, 5) is 40.1. The Bertz CT molecular complexity index is 1170. The van der Waals surface area contributed by atoms with E-state index in [2.05, 4.69) is 15.4 Å². The van der Waals surface area contributed by atoms with Crippen molar-refractivity contribution in [1.29, 1.82) is 0 Å². The molecule has 3 N–H and O–H groups in total. The van der Waals surface area contributed by atoms with Crippen LogP contribution in [0.25, 0.3) is 0 Å². The standard InChI is InChI=1S/C23H29ClN4O6S/c1-2-14-9-23(14,21(30)27-35(32,33)16-6-7-16)26-20(29)19-8-15(10-25-19)34-22(31)28-11-13-4-3-5-18(24)17(13)12-28/h3-5,14-16,19,25H,2,6-12H2,1H3,(H,26,29)(H,27,30)/t14-,15+,19-,23+/m0/s1. The molecule has 1 saturated heterocycles. The number of rotatable bonds is 7. The average Bonchev–Trinajstić information content (AvgIpc) is 3.69. The van der Waals surface area contributed by atoms with Gasteiger partial charge in [-0.3, -0.25) is 19.2 Å². The summed E-state index contributed by atoms with van der Waals surface area (Å²) in [6, 6.07) is 4.91. The second kappa shape index (κ2) is 8.94. The first-order valence-electron chi connectivity index (χ1n) is 12.0. The van der Waals surface area contributed by atoms with Gasteiger partial charge >= 0.3 is 6.09 Å². The third-order valence-electron chi connectivity index (χ3n) is 7.41. The first-order chi connectivity index (χ1) is 16.6. The maximum absolute atomic E-state index is 13.0. The van der Waals surface area contributed by atoms with Gasteiger partial charge in [-0.25, -0.2) is 13.2 Å². The molecule has 2 aliphatic carbocycles. The lowest BCUT2D eigenvalue weighted by atomic mass is 10.1. The number of amides is 3. The molecule has 2 heterocycles. The molecule has 4 atom stereocenters. The summed E-state index contributed by atoms with van der Waals surface area (Å²) in [5, 5.41) is 5.94. The van der Waals surface area contributed by atoms with Gasteiger partial charge in [-0.05, 0) is 42.4 Å². The molecular weight excluding hydrogens is 496 g/mol. The van der Waals surface area contributed by atoms with Gasteiger partial charge in [-0.2, -0.15) is 0 Å². The molecule has 35 heavy (non-hydrogen) atoms. The van der Waals surface area contributed by atoms with Gasteiger partial charge in [0.05, 0.1) is 17.8 Å². The average molecular weight is 525 g/mol. The smallest absolute Gasteiger partial charge is 0.410 e. The minimum atomic E-state index is -3.71. The molecule has 0 unspecified atom stereocenters. The molecule has 10 nitrogen and oxygen atoms in total. The number of carbonyl (C=O) groups is 3. The van der Waals surface area contributed by atoms with Crippen LogP contribution in [0.15, 0.2) is 18.2 Å². The number of hydrogen-bond donors (Lipinski definition) is 3. The summed E-state index contributed by atoms with van der Waals surface area (Å²) < 4.78 is 32.3. The van der Waals surface area contributed by atoms with Crippen LogP contribution < -0.4 is 15.4 Å². The SMILES string of the molecule is CC[C@H]1C[C@]1(NC(=O)[C@@H]1C[C@@H](OC(=O)N2Cc3cccc(Cl)c3C2)CN1)C(=O)NS(=O)(=O)C1CC1. The van der Waals surface area contributed by atoms with Crippen molar-refractivity contribution >= 4 is 39.5 Å². The highest BCUT2D eigenvalue weighted by atomic mass is 35.5. The largest absolute Gasteiger partial charge is 0.445 e. The summed E-state index contributed by atoms with van der Waals surface area (Å²) in [5.74, 6) is -1.20. The Morgan fingerprint density at radius 2 is 2.03 bits per heavy atom. The minimum absolute atomic E-state index is 0.125. The lowest BCUT2D eigenvalue weighted by Gasteiger charge is -2.21. The highest BCUT2D eigenvalue weighted by Crippen LogP contribution is 2.46. The Morgan fingerprint density at radius 3 is 2.69 bits per heavy atom. The summed E-state index contributed by atoms with van der Waals surface area (Å²) in [6.07, 6.45) is 1.40. The first kappa shape index (κ1) is 24.3. The van der Waals surface area contributed by atoms with Crippen LogP contribution in [0, 0.1) is 5.92 Å². The van der Waals surface area contributed by atoms with E-state index in [4.69, 9.17) is 16.3 Å². The number of halogens is 1. The number of carbonyl (C=O) groups excluding carboxylic acids is 3. The van der Waals surface area contributed by atoms with Crippen LogP contribution in [0.1, 0.15) is 50.2 Å². The highest BCUT2D eigenvalue weighted by molar-refractivity contribution is 7.91. The van der Waals surface area contributed by atoms with E-state index in [-0.39, 0.29) is 12.3 Å². The fourth-order valence-electron chi connectivity index (χ4n) is 5.02. The third kappa shape index (κ3) is 4.73. The van der Waals surface area contributed by atoms with E-state index in [9.17, 15) is 22.8 Å². The Labute approximate surface area is 209 Å². The topological polar surface area (TPSA) is 134 Å². The van der Waals surface area contributed by atoms with Crippen molar-refractivity contribution in [1.82, 2.24) is 20.3 Å². The third-order valence-corrected chi connectivity index (χ3v) is 9.58. The monoisotopic (exact) mass is 524 g/mol. The van der Waals surface area contributed by atoms with E-state index in [0.29, 0.717) is 50.3 Å². The second-order valence-corrected chi connectivity index (χ2v) is 12.2. The molecule has 2 saturated carbocycles. The van der Waals surface area contributed by atoms with E-state index in [1.54, 1.807) is 11.0 Å². The Hall–Kier alpha value is -2.37. The van der Waals surface area contributed by atoms with Gasteiger partial charge in [0.2, 0.25) is 15.9 Å². The molecule has 0 aromatic heterocycles.